The van der Waals surface area contributed by atoms with Gasteiger partial charge in [-0.3, -0.25) is 9.59 Å². The Bertz CT molecular complexity index is 1150. The summed E-state index contributed by atoms with van der Waals surface area (Å²) >= 11 is 1.42. The highest BCUT2D eigenvalue weighted by atomic mass is 32.1. The van der Waals surface area contributed by atoms with Crippen molar-refractivity contribution in [2.75, 3.05) is 12.4 Å². The van der Waals surface area contributed by atoms with Gasteiger partial charge in [0, 0.05) is 17.3 Å². The van der Waals surface area contributed by atoms with Crippen LogP contribution in [0.15, 0.2) is 39.5 Å². The first-order chi connectivity index (χ1) is 13.5. The van der Waals surface area contributed by atoms with Crippen molar-refractivity contribution in [2.45, 2.75) is 26.2 Å². The first-order valence-electron chi connectivity index (χ1n) is 9.18. The number of anilines is 1. The molecule has 28 heavy (non-hydrogen) atoms. The van der Waals surface area contributed by atoms with Crippen LogP contribution in [0.3, 0.4) is 0 Å². The number of fused-ring (bicyclic) bond motifs is 2. The van der Waals surface area contributed by atoms with E-state index in [9.17, 15) is 14.4 Å². The van der Waals surface area contributed by atoms with Gasteiger partial charge in [0.25, 0.3) is 11.8 Å². The topological polar surface area (TPSA) is 88.4 Å². The summed E-state index contributed by atoms with van der Waals surface area (Å²) in [5, 5.41) is 6.58. The van der Waals surface area contributed by atoms with E-state index < -0.39 is 11.5 Å². The summed E-state index contributed by atoms with van der Waals surface area (Å²) in [6.07, 6.45) is 2.71. The maximum absolute atomic E-state index is 12.8. The first kappa shape index (κ1) is 18.4. The number of nitrogens with one attached hydrogen (secondary N) is 2. The molecule has 2 N–H and O–H groups in total. The van der Waals surface area contributed by atoms with Crippen LogP contribution in [0, 0.1) is 5.92 Å². The second-order valence-corrected chi connectivity index (χ2v) is 8.18. The van der Waals surface area contributed by atoms with Crippen LogP contribution in [0.5, 0.6) is 0 Å². The van der Waals surface area contributed by atoms with Gasteiger partial charge in [0.1, 0.15) is 16.1 Å². The monoisotopic (exact) mass is 396 g/mol. The number of thiophene rings is 1. The van der Waals surface area contributed by atoms with Crippen molar-refractivity contribution >= 4 is 39.1 Å². The normalized spacial score (nSPS) is 15.9. The molecule has 2 aromatic heterocycles. The van der Waals surface area contributed by atoms with Crippen LogP contribution >= 0.6 is 11.3 Å². The van der Waals surface area contributed by atoms with Crippen molar-refractivity contribution < 1.29 is 14.0 Å². The molecule has 2 heterocycles. The smallest absolute Gasteiger partial charge is 0.349 e. The Balaban J connectivity index is 1.73. The third-order valence-corrected chi connectivity index (χ3v) is 6.25. The lowest BCUT2D eigenvalue weighted by Gasteiger charge is -2.18. The summed E-state index contributed by atoms with van der Waals surface area (Å²) in [7, 11) is 1.57. The highest BCUT2D eigenvalue weighted by molar-refractivity contribution is 7.17. The van der Waals surface area contributed by atoms with Gasteiger partial charge in [0.15, 0.2) is 0 Å². The van der Waals surface area contributed by atoms with Crippen molar-refractivity contribution in [2.24, 2.45) is 5.92 Å². The van der Waals surface area contributed by atoms with Gasteiger partial charge in [-0.1, -0.05) is 25.1 Å². The van der Waals surface area contributed by atoms with E-state index in [1.807, 2.05) is 6.07 Å². The molecule has 1 aliphatic rings. The van der Waals surface area contributed by atoms with Gasteiger partial charge in [0.05, 0.1) is 5.56 Å². The Morgan fingerprint density at radius 3 is 2.79 bits per heavy atom. The van der Waals surface area contributed by atoms with Gasteiger partial charge in [-0.15, -0.1) is 11.3 Å². The molecule has 144 valence electrons. The summed E-state index contributed by atoms with van der Waals surface area (Å²) in [5.41, 5.74) is 1.15. The van der Waals surface area contributed by atoms with Gasteiger partial charge in [0.2, 0.25) is 0 Å². The van der Waals surface area contributed by atoms with Gasteiger partial charge in [-0.05, 0) is 42.9 Å². The minimum absolute atomic E-state index is 0.0821. The van der Waals surface area contributed by atoms with Crippen LogP contribution in [-0.2, 0) is 12.8 Å². The van der Waals surface area contributed by atoms with Gasteiger partial charge < -0.3 is 15.1 Å². The number of benzene rings is 1. The predicted molar refractivity (Wildman–Crippen MR) is 109 cm³/mol. The average molecular weight is 396 g/mol. The number of hydrogen-bond donors (Lipinski definition) is 2. The minimum Gasteiger partial charge on any atom is -0.422 e. The van der Waals surface area contributed by atoms with Gasteiger partial charge in [-0.2, -0.15) is 0 Å². The Morgan fingerprint density at radius 1 is 1.21 bits per heavy atom. The molecule has 2 amide bonds. The lowest BCUT2D eigenvalue weighted by molar-refractivity contribution is 0.0963. The summed E-state index contributed by atoms with van der Waals surface area (Å²) in [5.74, 6) is -0.260. The zero-order valence-electron chi connectivity index (χ0n) is 15.6. The van der Waals surface area contributed by atoms with Crippen LogP contribution in [0.4, 0.5) is 5.00 Å². The number of amides is 2. The molecule has 0 aliphatic heterocycles. The first-order valence-corrected chi connectivity index (χ1v) is 10.0. The molecule has 0 fully saturated rings. The van der Waals surface area contributed by atoms with E-state index in [4.69, 9.17) is 4.42 Å². The van der Waals surface area contributed by atoms with Crippen molar-refractivity contribution in [3.63, 3.8) is 0 Å². The third-order valence-electron chi connectivity index (χ3n) is 5.08. The predicted octanol–water partition coefficient (Wildman–Crippen LogP) is 3.59. The van der Waals surface area contributed by atoms with Crippen LogP contribution in [0.25, 0.3) is 11.0 Å². The third kappa shape index (κ3) is 3.22. The molecule has 1 atom stereocenters. The van der Waals surface area contributed by atoms with Crippen LogP contribution in [0.2, 0.25) is 0 Å². The van der Waals surface area contributed by atoms with Crippen LogP contribution < -0.4 is 16.3 Å². The van der Waals surface area contributed by atoms with E-state index in [1.54, 1.807) is 25.2 Å². The van der Waals surface area contributed by atoms with E-state index in [0.29, 0.717) is 27.5 Å². The van der Waals surface area contributed by atoms with Crippen molar-refractivity contribution in [1.82, 2.24) is 5.32 Å². The molecule has 1 aliphatic carbocycles. The zero-order valence-corrected chi connectivity index (χ0v) is 16.4. The largest absolute Gasteiger partial charge is 0.422 e. The van der Waals surface area contributed by atoms with E-state index in [2.05, 4.69) is 17.6 Å². The molecular formula is C21H20N2O4S. The molecule has 3 aromatic rings. The number of para-hydroxylation sites is 1. The van der Waals surface area contributed by atoms with E-state index >= 15 is 0 Å². The quantitative estimate of drug-likeness (QED) is 0.662. The standard InChI is InChI=1S/C21H20N2O4S/c1-11-7-8-13-16(9-11)28-20(17(13)19(25)22-2)23-18(24)14-10-12-5-3-4-6-15(12)27-21(14)26/h3-6,10-11H,7-9H2,1-2H3,(H,22,25)(H,23,24)/t11-/m1/s1. The zero-order chi connectivity index (χ0) is 19.8. The summed E-state index contributed by atoms with van der Waals surface area (Å²) < 4.78 is 5.25. The molecular weight excluding hydrogens is 376 g/mol. The second kappa shape index (κ2) is 7.24. The molecule has 0 saturated carbocycles. The number of carbonyl (C=O) groups excluding carboxylic acids is 2. The van der Waals surface area contributed by atoms with Gasteiger partial charge in [-0.25, -0.2) is 4.79 Å². The maximum atomic E-state index is 12.8. The molecule has 0 bridgehead atoms. The highest BCUT2D eigenvalue weighted by Crippen LogP contribution is 2.39. The molecule has 0 spiro atoms. The highest BCUT2D eigenvalue weighted by Gasteiger charge is 2.28. The molecule has 1 aromatic carbocycles. The lowest BCUT2D eigenvalue weighted by Crippen LogP contribution is -2.24. The fourth-order valence-electron chi connectivity index (χ4n) is 3.59. The number of hydrogen-bond acceptors (Lipinski definition) is 5. The van der Waals surface area contributed by atoms with Crippen LogP contribution in [0.1, 0.15) is 44.5 Å². The molecule has 6 nitrogen and oxygen atoms in total. The molecule has 4 rings (SSSR count). The molecule has 0 saturated heterocycles. The summed E-state index contributed by atoms with van der Waals surface area (Å²) in [6.45, 7) is 2.18. The molecule has 7 heteroatoms. The maximum Gasteiger partial charge on any atom is 0.349 e. The molecule has 0 unspecified atom stereocenters. The Labute approximate surface area is 165 Å². The van der Waals surface area contributed by atoms with Crippen molar-refractivity contribution in [3.8, 4) is 0 Å². The van der Waals surface area contributed by atoms with Gasteiger partial charge >= 0.3 is 5.63 Å². The second-order valence-electron chi connectivity index (χ2n) is 7.07. The number of rotatable bonds is 3. The van der Waals surface area contributed by atoms with E-state index in [1.165, 1.54) is 17.4 Å². The Hall–Kier alpha value is -2.93. The minimum atomic E-state index is -0.701. The SMILES string of the molecule is CNC(=O)c1c(NC(=O)c2cc3ccccc3oc2=O)sc2c1CC[C@@H](C)C2. The van der Waals surface area contributed by atoms with E-state index in [0.717, 1.165) is 29.7 Å². The molecule has 0 radical (unpaired) electrons. The van der Waals surface area contributed by atoms with E-state index in [-0.39, 0.29) is 11.5 Å². The Morgan fingerprint density at radius 2 is 2.00 bits per heavy atom. The average Bonchev–Trinajstić information content (AvgIpc) is 3.03. The Kier molecular flexibility index (Phi) is 4.77. The number of carbonyl (C=O) groups is 2. The summed E-state index contributed by atoms with van der Waals surface area (Å²) in [4.78, 5) is 38.7. The summed E-state index contributed by atoms with van der Waals surface area (Å²) in [6, 6.07) is 8.54. The van der Waals surface area contributed by atoms with Crippen molar-refractivity contribution in [1.29, 1.82) is 0 Å². The fourth-order valence-corrected chi connectivity index (χ4v) is 5.00. The fraction of sp³-hybridized carbons (Fsp3) is 0.286. The lowest BCUT2D eigenvalue weighted by atomic mass is 9.88. The van der Waals surface area contributed by atoms with Crippen molar-refractivity contribution in [3.05, 3.63) is 62.3 Å². The van der Waals surface area contributed by atoms with Crippen LogP contribution in [-0.4, -0.2) is 18.9 Å².